The first kappa shape index (κ1) is 19.6. The lowest BCUT2D eigenvalue weighted by atomic mass is 10.0. The van der Waals surface area contributed by atoms with Crippen LogP contribution in [0.3, 0.4) is 0 Å². The van der Waals surface area contributed by atoms with Crippen LogP contribution in [0.4, 0.5) is 5.82 Å². The molecule has 1 aromatic heterocycles. The van der Waals surface area contributed by atoms with Gasteiger partial charge in [-0.25, -0.2) is 13.4 Å². The molecule has 1 aromatic carbocycles. The maximum absolute atomic E-state index is 12.7. The van der Waals surface area contributed by atoms with Crippen LogP contribution < -0.4 is 15.0 Å². The largest absolute Gasteiger partial charge is 0.497 e. The third-order valence-corrected chi connectivity index (χ3v) is 6.54. The fourth-order valence-electron chi connectivity index (χ4n) is 3.04. The highest BCUT2D eigenvalue weighted by molar-refractivity contribution is 7.89. The van der Waals surface area contributed by atoms with E-state index in [1.54, 1.807) is 19.2 Å². The molecule has 1 atom stereocenters. The number of nitrogens with zero attached hydrogens (tertiary/aromatic N) is 1. The van der Waals surface area contributed by atoms with E-state index in [2.05, 4.69) is 17.2 Å². The number of aromatic nitrogens is 1. The summed E-state index contributed by atoms with van der Waals surface area (Å²) in [5.41, 5.74) is 1.14. The van der Waals surface area contributed by atoms with Crippen molar-refractivity contribution < 1.29 is 22.9 Å². The Morgan fingerprint density at radius 3 is 2.44 bits per heavy atom. The Morgan fingerprint density at radius 1 is 1.19 bits per heavy atom. The van der Waals surface area contributed by atoms with E-state index in [0.717, 1.165) is 23.6 Å². The topological polar surface area (TPSA) is 82.0 Å². The van der Waals surface area contributed by atoms with E-state index in [4.69, 9.17) is 9.47 Å². The lowest BCUT2D eigenvalue weighted by Gasteiger charge is -2.25. The average molecular weight is 393 g/mol. The zero-order valence-corrected chi connectivity index (χ0v) is 16.5. The highest BCUT2D eigenvalue weighted by atomic mass is 32.2. The number of ether oxygens (including phenoxy) is 2. The van der Waals surface area contributed by atoms with Gasteiger partial charge in [0.2, 0.25) is 10.0 Å². The molecule has 8 heteroatoms. The molecule has 1 saturated heterocycles. The number of sulfonamides is 1. The Labute approximate surface area is 160 Å². The molecule has 1 aliphatic rings. The molecule has 27 heavy (non-hydrogen) atoms. The van der Waals surface area contributed by atoms with Crippen molar-refractivity contribution in [1.82, 2.24) is 4.31 Å². The van der Waals surface area contributed by atoms with E-state index in [1.165, 1.54) is 10.5 Å². The summed E-state index contributed by atoms with van der Waals surface area (Å²) < 4.78 is 37.2. The van der Waals surface area contributed by atoms with Gasteiger partial charge in [0.25, 0.3) is 5.82 Å². The van der Waals surface area contributed by atoms with Gasteiger partial charge in [-0.3, -0.25) is 5.32 Å². The number of anilines is 1. The molecule has 0 radical (unpaired) electrons. The summed E-state index contributed by atoms with van der Waals surface area (Å²) >= 11 is 0. The van der Waals surface area contributed by atoms with Gasteiger partial charge in [-0.05, 0) is 30.2 Å². The van der Waals surface area contributed by atoms with Crippen molar-refractivity contribution >= 4 is 15.8 Å². The fourth-order valence-corrected chi connectivity index (χ4v) is 4.42. The van der Waals surface area contributed by atoms with Gasteiger partial charge in [0.1, 0.15) is 22.9 Å². The van der Waals surface area contributed by atoms with Gasteiger partial charge in [0.15, 0.2) is 0 Å². The minimum Gasteiger partial charge on any atom is -0.497 e. The van der Waals surface area contributed by atoms with Crippen molar-refractivity contribution in [3.63, 3.8) is 0 Å². The molecule has 0 unspecified atom stereocenters. The van der Waals surface area contributed by atoms with Gasteiger partial charge >= 0.3 is 0 Å². The number of morpholine rings is 1. The molecule has 3 rings (SSSR count). The molecule has 2 aromatic rings. The number of nitrogens with one attached hydrogen (secondary N) is 2. The first-order chi connectivity index (χ1) is 13.0. The van der Waals surface area contributed by atoms with Crippen molar-refractivity contribution in [1.29, 1.82) is 0 Å². The van der Waals surface area contributed by atoms with Gasteiger partial charge in [-0.15, -0.1) is 0 Å². The molecule has 1 aliphatic heterocycles. The Bertz CT molecular complexity index is 832. The van der Waals surface area contributed by atoms with Crippen LogP contribution in [0.25, 0.3) is 0 Å². The number of benzene rings is 1. The van der Waals surface area contributed by atoms with Gasteiger partial charge in [-0.2, -0.15) is 4.31 Å². The summed E-state index contributed by atoms with van der Waals surface area (Å²) in [4.78, 5) is 3.32. The Hall–Kier alpha value is -2.16. The number of methoxy groups -OCH3 is 1. The molecule has 0 amide bonds. The summed E-state index contributed by atoms with van der Waals surface area (Å²) in [6.45, 7) is 3.74. The van der Waals surface area contributed by atoms with E-state index in [9.17, 15) is 8.42 Å². The Morgan fingerprint density at radius 2 is 1.89 bits per heavy atom. The second-order valence-corrected chi connectivity index (χ2v) is 8.27. The van der Waals surface area contributed by atoms with Crippen LogP contribution in [0.2, 0.25) is 0 Å². The van der Waals surface area contributed by atoms with Crippen molar-refractivity contribution in [3.8, 4) is 5.75 Å². The van der Waals surface area contributed by atoms with E-state index < -0.39 is 10.0 Å². The lowest BCUT2D eigenvalue weighted by molar-refractivity contribution is -0.364. The molecule has 0 saturated carbocycles. The van der Waals surface area contributed by atoms with E-state index in [-0.39, 0.29) is 10.9 Å². The summed E-state index contributed by atoms with van der Waals surface area (Å²) in [6, 6.07) is 11.4. The number of pyridine rings is 1. The predicted molar refractivity (Wildman–Crippen MR) is 102 cm³/mol. The van der Waals surface area contributed by atoms with Crippen molar-refractivity contribution in [2.24, 2.45) is 0 Å². The number of hydrogen-bond donors (Lipinski definition) is 1. The SMILES string of the molecule is CC[C@H](Nc1ccc(S(=O)(=O)N2CCOCC2)c[nH+]1)c1ccc(OC)cc1. The molecule has 1 fully saturated rings. The molecule has 0 bridgehead atoms. The zero-order chi connectivity index (χ0) is 19.3. The average Bonchev–Trinajstić information content (AvgIpc) is 2.73. The van der Waals surface area contributed by atoms with Crippen molar-refractivity contribution in [2.45, 2.75) is 24.3 Å². The van der Waals surface area contributed by atoms with Crippen LogP contribution in [0.5, 0.6) is 5.75 Å². The summed E-state index contributed by atoms with van der Waals surface area (Å²) in [7, 11) is -1.85. The molecule has 2 N–H and O–H groups in total. The number of H-pyrrole nitrogens is 1. The van der Waals surface area contributed by atoms with Crippen LogP contribution in [-0.4, -0.2) is 46.1 Å². The fraction of sp³-hybridized carbons (Fsp3) is 0.421. The minimum atomic E-state index is -3.49. The molecular formula is C19H26N3O4S+. The molecule has 0 spiro atoms. The van der Waals surface area contributed by atoms with Gasteiger partial charge in [0.05, 0.1) is 20.3 Å². The highest BCUT2D eigenvalue weighted by Crippen LogP contribution is 2.23. The molecular weight excluding hydrogens is 366 g/mol. The van der Waals surface area contributed by atoms with Crippen LogP contribution in [0, 0.1) is 0 Å². The normalized spacial score (nSPS) is 16.7. The Balaban J connectivity index is 1.72. The van der Waals surface area contributed by atoms with Gasteiger partial charge in [0, 0.05) is 19.2 Å². The first-order valence-corrected chi connectivity index (χ1v) is 10.5. The molecule has 7 nitrogen and oxygen atoms in total. The van der Waals surface area contributed by atoms with Crippen LogP contribution in [-0.2, 0) is 14.8 Å². The first-order valence-electron chi connectivity index (χ1n) is 9.04. The van der Waals surface area contributed by atoms with Crippen LogP contribution >= 0.6 is 0 Å². The maximum Gasteiger partial charge on any atom is 0.272 e. The Kier molecular flexibility index (Phi) is 6.30. The van der Waals surface area contributed by atoms with Crippen molar-refractivity contribution in [3.05, 3.63) is 48.2 Å². The summed E-state index contributed by atoms with van der Waals surface area (Å²) in [6.07, 6.45) is 2.42. The lowest BCUT2D eigenvalue weighted by Crippen LogP contribution is -2.40. The quantitative estimate of drug-likeness (QED) is 0.780. The second kappa shape index (κ2) is 8.69. The third kappa shape index (κ3) is 4.58. The highest BCUT2D eigenvalue weighted by Gasteiger charge is 2.27. The molecule has 0 aliphatic carbocycles. The maximum atomic E-state index is 12.7. The van der Waals surface area contributed by atoms with E-state index >= 15 is 0 Å². The van der Waals surface area contributed by atoms with Crippen molar-refractivity contribution in [2.75, 3.05) is 38.7 Å². The third-order valence-electron chi connectivity index (χ3n) is 4.65. The van der Waals surface area contributed by atoms with Crippen LogP contribution in [0.1, 0.15) is 24.9 Å². The zero-order valence-electron chi connectivity index (χ0n) is 15.6. The second-order valence-electron chi connectivity index (χ2n) is 6.33. The smallest absolute Gasteiger partial charge is 0.272 e. The van der Waals surface area contributed by atoms with E-state index in [0.29, 0.717) is 26.3 Å². The predicted octanol–water partition coefficient (Wildman–Crippen LogP) is 2.09. The van der Waals surface area contributed by atoms with E-state index in [1.807, 2.05) is 24.3 Å². The monoisotopic (exact) mass is 392 g/mol. The minimum absolute atomic E-state index is 0.105. The van der Waals surface area contributed by atoms with Gasteiger partial charge < -0.3 is 9.47 Å². The number of aromatic amines is 1. The standard InChI is InChI=1S/C19H25N3O4S/c1-3-18(15-4-6-16(25-2)7-5-15)21-19-9-8-17(14-20-19)27(23,24)22-10-12-26-13-11-22/h4-9,14,18H,3,10-13H2,1-2H3,(H,20,21)/p+1/t18-/m0/s1. The number of rotatable bonds is 7. The summed E-state index contributed by atoms with van der Waals surface area (Å²) in [5, 5.41) is 3.42. The van der Waals surface area contributed by atoms with Gasteiger partial charge in [-0.1, -0.05) is 19.1 Å². The molecule has 146 valence electrons. The number of hydrogen-bond acceptors (Lipinski definition) is 5. The molecule has 2 heterocycles. The summed E-state index contributed by atoms with van der Waals surface area (Å²) in [5.74, 6) is 1.58. The van der Waals surface area contributed by atoms with Crippen LogP contribution in [0.15, 0.2) is 47.5 Å².